The van der Waals surface area contributed by atoms with Gasteiger partial charge in [0.1, 0.15) is 0 Å². The summed E-state index contributed by atoms with van der Waals surface area (Å²) >= 11 is 12.2. The third-order valence-electron chi connectivity index (χ3n) is 7.40. The average Bonchev–Trinajstić information content (AvgIpc) is 3.40. The van der Waals surface area contributed by atoms with Gasteiger partial charge in [-0.3, -0.25) is 14.2 Å². The number of imidazole rings is 1. The van der Waals surface area contributed by atoms with E-state index in [1.54, 1.807) is 25.6 Å². The number of nitrogens with zero attached hydrogens (tertiary/aromatic N) is 4. The largest absolute Gasteiger partial charge is 0.306 e. The molecule has 2 fully saturated rings. The summed E-state index contributed by atoms with van der Waals surface area (Å²) in [5.74, 6) is 5.30. The van der Waals surface area contributed by atoms with Gasteiger partial charge in [-0.2, -0.15) is 0 Å². The molecule has 2 aromatic heterocycles. The zero-order valence-corrected chi connectivity index (χ0v) is 24.2. The van der Waals surface area contributed by atoms with Crippen LogP contribution in [0, 0.1) is 11.8 Å². The zero-order valence-electron chi connectivity index (χ0n) is 22.7. The topological polar surface area (TPSA) is 108 Å². The molecule has 0 spiro atoms. The van der Waals surface area contributed by atoms with Crippen molar-refractivity contribution in [2.75, 3.05) is 7.05 Å². The van der Waals surface area contributed by atoms with E-state index in [-0.39, 0.29) is 11.7 Å². The molecular formula is C29H40Cl2N6O2. The molecule has 2 aliphatic carbocycles. The van der Waals surface area contributed by atoms with Crippen LogP contribution in [0.2, 0.25) is 5.02 Å². The Bertz CT molecular complexity index is 1190. The van der Waals surface area contributed by atoms with Crippen molar-refractivity contribution in [2.45, 2.75) is 70.6 Å². The lowest BCUT2D eigenvalue weighted by Crippen LogP contribution is -2.24. The molecule has 3 aliphatic rings. The molecule has 0 saturated heterocycles. The van der Waals surface area contributed by atoms with Crippen molar-refractivity contribution in [2.24, 2.45) is 22.7 Å². The molecule has 2 saturated carbocycles. The second-order valence-electron chi connectivity index (χ2n) is 10.2. The molecule has 3 heterocycles. The van der Waals surface area contributed by atoms with Gasteiger partial charge in [0.25, 0.3) is 0 Å². The first kappa shape index (κ1) is 31.0. The van der Waals surface area contributed by atoms with Crippen molar-refractivity contribution in [1.29, 1.82) is 0 Å². The summed E-state index contributed by atoms with van der Waals surface area (Å²) in [6.07, 6.45) is 22.6. The zero-order chi connectivity index (χ0) is 28.2. The van der Waals surface area contributed by atoms with E-state index in [2.05, 4.69) is 27.3 Å². The fraction of sp³-hybridized carbons (Fsp3) is 0.483. The first-order valence-corrected chi connectivity index (χ1v) is 14.4. The van der Waals surface area contributed by atoms with Gasteiger partial charge in [0.05, 0.1) is 30.1 Å². The van der Waals surface area contributed by atoms with Crippen LogP contribution in [0.3, 0.4) is 0 Å². The molecule has 0 bridgehead atoms. The Hall–Kier alpha value is -2.49. The van der Waals surface area contributed by atoms with E-state index in [0.29, 0.717) is 10.7 Å². The fourth-order valence-electron chi connectivity index (χ4n) is 5.55. The second kappa shape index (κ2) is 15.9. The number of aromatic nitrogens is 2. The number of rotatable bonds is 5. The van der Waals surface area contributed by atoms with Crippen LogP contribution in [0.1, 0.15) is 81.1 Å². The highest BCUT2D eigenvalue weighted by Crippen LogP contribution is 2.33. The van der Waals surface area contributed by atoms with Crippen LogP contribution in [0.15, 0.2) is 64.8 Å². The Morgan fingerprint density at radius 1 is 1.15 bits per heavy atom. The lowest BCUT2D eigenvalue weighted by Gasteiger charge is -2.30. The minimum Gasteiger partial charge on any atom is -0.306 e. The molecule has 8 nitrogen and oxygen atoms in total. The highest BCUT2D eigenvalue weighted by Gasteiger charge is 2.24. The minimum absolute atomic E-state index is 0.155. The second-order valence-corrected chi connectivity index (χ2v) is 11.1. The van der Waals surface area contributed by atoms with Crippen LogP contribution in [0.25, 0.3) is 5.52 Å². The maximum Gasteiger partial charge on any atom is 0.182 e. The summed E-state index contributed by atoms with van der Waals surface area (Å²) < 4.78 is 1.84. The number of hydrogen-bond donors (Lipinski definition) is 3. The van der Waals surface area contributed by atoms with Gasteiger partial charge in [-0.1, -0.05) is 81.1 Å². The third kappa shape index (κ3) is 9.01. The highest BCUT2D eigenvalue weighted by atomic mass is 35.5. The van der Waals surface area contributed by atoms with Crippen molar-refractivity contribution >= 4 is 40.8 Å². The molecule has 0 radical (unpaired) electrons. The van der Waals surface area contributed by atoms with Gasteiger partial charge in [-0.15, -0.1) is 5.59 Å². The van der Waals surface area contributed by atoms with Crippen LogP contribution < -0.4 is 11.4 Å². The first-order chi connectivity index (χ1) is 18.9. The number of carbonyl (C=O) groups is 1. The van der Waals surface area contributed by atoms with Crippen molar-refractivity contribution < 1.29 is 10.0 Å². The predicted molar refractivity (Wildman–Crippen MR) is 159 cm³/mol. The molecule has 0 aromatic carbocycles. The Labute approximate surface area is 241 Å². The van der Waals surface area contributed by atoms with Crippen molar-refractivity contribution in [3.63, 3.8) is 0 Å². The number of fused-ring (bicyclic) bond motifs is 1. The van der Waals surface area contributed by atoms with Crippen LogP contribution in [-0.2, 0) is 0 Å². The van der Waals surface area contributed by atoms with Crippen LogP contribution in [0.4, 0.5) is 0 Å². The summed E-state index contributed by atoms with van der Waals surface area (Å²) in [5.41, 5.74) is 4.92. The molecular weight excluding hydrogens is 535 g/mol. The summed E-state index contributed by atoms with van der Waals surface area (Å²) in [7, 11) is 1.78. The van der Waals surface area contributed by atoms with Gasteiger partial charge in [0.15, 0.2) is 5.78 Å². The number of Topliss-reactive ketones (excluding diaryl/α,β-unsaturated/α-hetero) is 1. The number of hydrazine groups is 1. The van der Waals surface area contributed by atoms with E-state index < -0.39 is 0 Å². The molecule has 4 N–H and O–H groups in total. The molecule has 212 valence electrons. The lowest BCUT2D eigenvalue weighted by molar-refractivity contribution is 0.0883. The normalized spacial score (nSPS) is 18.7. The first-order valence-electron chi connectivity index (χ1n) is 13.6. The van der Waals surface area contributed by atoms with Gasteiger partial charge in [-0.25, -0.2) is 10.8 Å². The Kier molecular flexibility index (Phi) is 12.7. The Morgan fingerprint density at radius 2 is 1.79 bits per heavy atom. The summed E-state index contributed by atoms with van der Waals surface area (Å²) in [5, 5.41) is 8.47. The smallest absolute Gasteiger partial charge is 0.182 e. The summed E-state index contributed by atoms with van der Waals surface area (Å²) in [6, 6.07) is 3.58. The predicted octanol–water partition coefficient (Wildman–Crippen LogP) is 7.04. The SMILES string of the molecule is C=C1C=C(Cl)C=C(CC2CCCCC2)N1C=NC.NNO.O=C(c1cc(Cl)cc2cncn12)C1CCCCC1. The Balaban J connectivity index is 0.000000196. The number of nitrogens with one attached hydrogen (secondary N) is 1. The van der Waals surface area contributed by atoms with Crippen LogP contribution >= 0.6 is 23.2 Å². The number of allylic oxidation sites excluding steroid dienone is 4. The van der Waals surface area contributed by atoms with Gasteiger partial charge in [-0.05, 0) is 49.5 Å². The monoisotopic (exact) mass is 574 g/mol. The molecule has 2 aromatic rings. The van der Waals surface area contributed by atoms with E-state index in [1.807, 2.05) is 29.0 Å². The van der Waals surface area contributed by atoms with E-state index in [1.165, 1.54) is 49.8 Å². The molecule has 0 unspecified atom stereocenters. The lowest BCUT2D eigenvalue weighted by atomic mass is 9.85. The third-order valence-corrected chi connectivity index (χ3v) is 7.83. The van der Waals surface area contributed by atoms with Gasteiger partial charge < -0.3 is 10.1 Å². The van der Waals surface area contributed by atoms with Gasteiger partial charge in [0, 0.05) is 34.4 Å². The molecule has 10 heteroatoms. The number of pyridine rings is 1. The van der Waals surface area contributed by atoms with E-state index in [9.17, 15) is 4.79 Å². The molecule has 0 atom stereocenters. The highest BCUT2D eigenvalue weighted by molar-refractivity contribution is 6.31. The number of carbonyl (C=O) groups excluding carboxylic acids is 1. The molecule has 39 heavy (non-hydrogen) atoms. The van der Waals surface area contributed by atoms with E-state index in [4.69, 9.17) is 28.4 Å². The van der Waals surface area contributed by atoms with E-state index >= 15 is 0 Å². The number of halogens is 2. The molecule has 5 rings (SSSR count). The van der Waals surface area contributed by atoms with Crippen molar-refractivity contribution in [3.8, 4) is 0 Å². The van der Waals surface area contributed by atoms with Gasteiger partial charge >= 0.3 is 0 Å². The summed E-state index contributed by atoms with van der Waals surface area (Å²) in [4.78, 5) is 22.8. The maximum atomic E-state index is 12.6. The van der Waals surface area contributed by atoms with Crippen molar-refractivity contribution in [3.05, 3.63) is 70.5 Å². The quantitative estimate of drug-likeness (QED) is 0.116. The minimum atomic E-state index is 0.155. The number of hydrogen-bond acceptors (Lipinski definition) is 6. The standard InChI is InChI=1S/C15H21ClN2.C14H15ClN2O.H4N2O/c1-12-8-14(16)10-15(18(12)11-17-2)9-13-6-4-3-5-7-13;15-11-6-12-8-16-9-17(12)13(7-11)14(18)10-4-2-1-3-5-10;1-2-3/h8,10-11,13H,1,3-7,9H2,2H3;6-10H,1-5H2;2-3H,1H2. The van der Waals surface area contributed by atoms with Crippen LogP contribution in [-0.4, -0.2) is 38.7 Å². The summed E-state index contributed by atoms with van der Waals surface area (Å²) in [6.45, 7) is 4.04. The number of nitrogens with two attached hydrogens (primary N) is 1. The van der Waals surface area contributed by atoms with Gasteiger partial charge in [0.2, 0.25) is 0 Å². The fourth-order valence-corrected chi connectivity index (χ4v) is 6.02. The maximum absolute atomic E-state index is 12.6. The number of ketones is 1. The van der Waals surface area contributed by atoms with Crippen LogP contribution in [0.5, 0.6) is 0 Å². The average molecular weight is 576 g/mol. The van der Waals surface area contributed by atoms with E-state index in [0.717, 1.165) is 54.3 Å². The molecule has 1 aliphatic heterocycles. The molecule has 0 amide bonds. The number of aliphatic imine (C=N–C) groups is 1. The Morgan fingerprint density at radius 3 is 2.44 bits per heavy atom. The van der Waals surface area contributed by atoms with Crippen molar-refractivity contribution in [1.82, 2.24) is 19.9 Å².